The first-order chi connectivity index (χ1) is 24.5. The Labute approximate surface area is 294 Å². The van der Waals surface area contributed by atoms with Crippen molar-refractivity contribution in [2.24, 2.45) is 5.92 Å². The van der Waals surface area contributed by atoms with Crippen LogP contribution in [-0.4, -0.2) is 60.8 Å². The minimum absolute atomic E-state index is 0.00507. The second-order valence-corrected chi connectivity index (χ2v) is 13.6. The number of hydrogen-bond acceptors (Lipinski definition) is 7. The molecule has 3 aliphatic rings. The van der Waals surface area contributed by atoms with Crippen molar-refractivity contribution in [3.8, 4) is 11.1 Å². The Kier molecular flexibility index (Phi) is 10.9. The van der Waals surface area contributed by atoms with Crippen molar-refractivity contribution in [1.29, 1.82) is 0 Å². The normalized spacial score (nSPS) is 23.5. The third-order valence-corrected chi connectivity index (χ3v) is 10.2. The number of hydrogen-bond donors (Lipinski definition) is 3. The molecule has 9 nitrogen and oxygen atoms in total. The number of rotatable bonds is 10. The van der Waals surface area contributed by atoms with Gasteiger partial charge in [0.15, 0.2) is 12.1 Å². The first-order valence-corrected chi connectivity index (χ1v) is 17.7. The molecule has 0 saturated carbocycles. The van der Waals surface area contributed by atoms with Gasteiger partial charge in [0, 0.05) is 57.0 Å². The van der Waals surface area contributed by atoms with Crippen LogP contribution in [0.1, 0.15) is 60.0 Å². The van der Waals surface area contributed by atoms with Gasteiger partial charge in [0.25, 0.3) is 0 Å². The Morgan fingerprint density at radius 1 is 0.760 bits per heavy atom. The SMILES string of the molecule is C[C@H]1[C@@H](CN2CCC3(CC2)OCCO3)O[C@@H](c2cccc(-c3cccc(CNC(=O)NCc4ccccc4)c3)c2)O[C@H]1c1ccc(CO)cc1. The lowest BCUT2D eigenvalue weighted by molar-refractivity contribution is -0.278. The Morgan fingerprint density at radius 3 is 2.14 bits per heavy atom. The van der Waals surface area contributed by atoms with Crippen LogP contribution in [0, 0.1) is 5.92 Å². The van der Waals surface area contributed by atoms with Gasteiger partial charge < -0.3 is 39.6 Å². The third kappa shape index (κ3) is 8.26. The molecular weight excluding hydrogens is 630 g/mol. The molecule has 4 aromatic carbocycles. The number of amides is 2. The fourth-order valence-corrected chi connectivity index (χ4v) is 7.19. The van der Waals surface area contributed by atoms with E-state index < -0.39 is 12.1 Å². The smallest absolute Gasteiger partial charge is 0.315 e. The fraction of sp³-hybridized carbons (Fsp3) is 0.390. The lowest BCUT2D eigenvalue weighted by Crippen LogP contribution is -2.50. The summed E-state index contributed by atoms with van der Waals surface area (Å²) in [5, 5.41) is 15.5. The molecule has 3 fully saturated rings. The lowest BCUT2D eigenvalue weighted by atomic mass is 9.89. The van der Waals surface area contributed by atoms with Crippen LogP contribution in [0.4, 0.5) is 4.79 Å². The minimum Gasteiger partial charge on any atom is -0.392 e. The zero-order valence-corrected chi connectivity index (χ0v) is 28.6. The van der Waals surface area contributed by atoms with E-state index in [9.17, 15) is 9.90 Å². The number of carbonyl (C=O) groups excluding carboxylic acids is 1. The summed E-state index contributed by atoms with van der Waals surface area (Å²) in [7, 11) is 0. The van der Waals surface area contributed by atoms with Gasteiger partial charge in [-0.3, -0.25) is 0 Å². The summed E-state index contributed by atoms with van der Waals surface area (Å²) in [6.07, 6.45) is 0.899. The molecular formula is C41H47N3O6. The monoisotopic (exact) mass is 677 g/mol. The molecule has 7 rings (SSSR count). The average molecular weight is 678 g/mol. The van der Waals surface area contributed by atoms with Crippen LogP contribution in [0.3, 0.4) is 0 Å². The summed E-state index contributed by atoms with van der Waals surface area (Å²) < 4.78 is 25.5. The van der Waals surface area contributed by atoms with E-state index in [2.05, 4.69) is 64.9 Å². The molecule has 50 heavy (non-hydrogen) atoms. The van der Waals surface area contributed by atoms with Crippen molar-refractivity contribution in [1.82, 2.24) is 15.5 Å². The quantitative estimate of drug-likeness (QED) is 0.177. The van der Waals surface area contributed by atoms with Crippen LogP contribution in [-0.2, 0) is 38.6 Å². The lowest BCUT2D eigenvalue weighted by Gasteiger charge is -2.44. The number of nitrogens with one attached hydrogen (secondary N) is 2. The molecule has 0 radical (unpaired) electrons. The fourth-order valence-electron chi connectivity index (χ4n) is 7.19. The van der Waals surface area contributed by atoms with Crippen molar-refractivity contribution in [2.75, 3.05) is 32.8 Å². The van der Waals surface area contributed by atoms with Crippen molar-refractivity contribution in [2.45, 2.75) is 63.7 Å². The van der Waals surface area contributed by atoms with Crippen LogP contribution >= 0.6 is 0 Å². The van der Waals surface area contributed by atoms with E-state index >= 15 is 0 Å². The average Bonchev–Trinajstić information content (AvgIpc) is 3.63. The van der Waals surface area contributed by atoms with Gasteiger partial charge in [0.2, 0.25) is 0 Å². The number of urea groups is 1. The minimum atomic E-state index is -0.561. The predicted octanol–water partition coefficient (Wildman–Crippen LogP) is 6.48. The van der Waals surface area contributed by atoms with Crippen LogP contribution in [0.5, 0.6) is 0 Å². The standard InChI is InChI=1S/C41H47N3O6/c1-29-37(27-44-19-17-41(18-20-44)47-21-22-48-41)49-39(50-38(29)33-15-13-31(28-45)14-16-33)36-12-6-11-35(24-36)34-10-5-9-32(23-34)26-43-40(46)42-25-30-7-3-2-4-8-30/h2-16,23-24,29,37-39,45H,17-22,25-28H2,1H3,(H2,42,43,46)/t29-,37+,38+,39+/m0/s1. The van der Waals surface area contributed by atoms with Crippen LogP contribution < -0.4 is 10.6 Å². The highest BCUT2D eigenvalue weighted by molar-refractivity contribution is 5.74. The summed E-state index contributed by atoms with van der Waals surface area (Å²) in [4.78, 5) is 14.9. The van der Waals surface area contributed by atoms with E-state index in [1.807, 2.05) is 60.7 Å². The maximum atomic E-state index is 12.5. The predicted molar refractivity (Wildman–Crippen MR) is 191 cm³/mol. The largest absolute Gasteiger partial charge is 0.392 e. The zero-order valence-electron chi connectivity index (χ0n) is 28.6. The topological polar surface area (TPSA) is 102 Å². The molecule has 0 unspecified atom stereocenters. The van der Waals surface area contributed by atoms with E-state index in [1.165, 1.54) is 0 Å². The van der Waals surface area contributed by atoms with E-state index in [0.29, 0.717) is 26.3 Å². The van der Waals surface area contributed by atoms with Gasteiger partial charge in [-0.2, -0.15) is 0 Å². The second kappa shape index (κ2) is 15.9. The highest BCUT2D eigenvalue weighted by Gasteiger charge is 2.43. The van der Waals surface area contributed by atoms with Crippen molar-refractivity contribution in [3.63, 3.8) is 0 Å². The molecule has 9 heteroatoms. The molecule has 0 aliphatic carbocycles. The number of ether oxygens (including phenoxy) is 4. The Hall–Kier alpha value is -4.09. The van der Waals surface area contributed by atoms with Crippen molar-refractivity contribution in [3.05, 3.63) is 131 Å². The third-order valence-electron chi connectivity index (χ3n) is 10.2. The van der Waals surface area contributed by atoms with Gasteiger partial charge in [0.05, 0.1) is 32.0 Å². The molecule has 262 valence electrons. The number of piperidine rings is 1. The summed E-state index contributed by atoms with van der Waals surface area (Å²) in [5.74, 6) is -0.320. The maximum absolute atomic E-state index is 12.5. The summed E-state index contributed by atoms with van der Waals surface area (Å²) >= 11 is 0. The van der Waals surface area contributed by atoms with Crippen LogP contribution in [0.25, 0.3) is 11.1 Å². The summed E-state index contributed by atoms with van der Waals surface area (Å²) in [6.45, 7) is 7.01. The van der Waals surface area contributed by atoms with Gasteiger partial charge in [-0.15, -0.1) is 0 Å². The number of likely N-dealkylation sites (tertiary alicyclic amines) is 1. The Morgan fingerprint density at radius 2 is 1.42 bits per heavy atom. The molecule has 4 atom stereocenters. The van der Waals surface area contributed by atoms with Gasteiger partial charge in [-0.05, 0) is 45.5 Å². The molecule has 2 amide bonds. The van der Waals surface area contributed by atoms with Gasteiger partial charge in [-0.1, -0.05) is 97.9 Å². The Bertz CT molecular complexity index is 1700. The first kappa shape index (κ1) is 34.4. The molecule has 3 aliphatic heterocycles. The van der Waals surface area contributed by atoms with Crippen LogP contribution in [0.15, 0.2) is 103 Å². The molecule has 3 N–H and O–H groups in total. The Balaban J connectivity index is 1.05. The van der Waals surface area contributed by atoms with Gasteiger partial charge in [0.1, 0.15) is 0 Å². The van der Waals surface area contributed by atoms with Crippen molar-refractivity contribution >= 4 is 6.03 Å². The number of aliphatic hydroxyl groups is 1. The molecule has 3 heterocycles. The first-order valence-electron chi connectivity index (χ1n) is 17.7. The van der Waals surface area contributed by atoms with Gasteiger partial charge in [-0.25, -0.2) is 4.79 Å². The molecule has 4 aromatic rings. The van der Waals surface area contributed by atoms with E-state index in [-0.39, 0.29) is 30.8 Å². The summed E-state index contributed by atoms with van der Waals surface area (Å²) in [5.41, 5.74) is 7.04. The second-order valence-electron chi connectivity index (χ2n) is 13.6. The maximum Gasteiger partial charge on any atom is 0.315 e. The number of carbonyl (C=O) groups is 1. The summed E-state index contributed by atoms with van der Waals surface area (Å²) in [6, 6.07) is 34.3. The zero-order chi connectivity index (χ0) is 34.3. The molecule has 0 bridgehead atoms. The molecule has 1 spiro atoms. The number of aliphatic hydroxyl groups excluding tert-OH is 1. The van der Waals surface area contributed by atoms with Crippen molar-refractivity contribution < 1.29 is 28.8 Å². The van der Waals surface area contributed by atoms with Crippen LogP contribution in [0.2, 0.25) is 0 Å². The molecule has 0 aromatic heterocycles. The van der Waals surface area contributed by atoms with E-state index in [0.717, 1.165) is 71.4 Å². The van der Waals surface area contributed by atoms with E-state index in [4.69, 9.17) is 18.9 Å². The number of benzene rings is 4. The van der Waals surface area contributed by atoms with Gasteiger partial charge >= 0.3 is 6.03 Å². The molecule has 3 saturated heterocycles. The highest BCUT2D eigenvalue weighted by Crippen LogP contribution is 2.43. The number of nitrogens with zero attached hydrogens (tertiary/aromatic N) is 1. The van der Waals surface area contributed by atoms with E-state index in [1.54, 1.807) is 0 Å². The highest BCUT2D eigenvalue weighted by atomic mass is 16.7.